The quantitative estimate of drug-likeness (QED) is 0.474. The second-order valence-electron chi connectivity index (χ2n) is 6.31. The zero-order valence-corrected chi connectivity index (χ0v) is 16.4. The Morgan fingerprint density at radius 3 is 2.40 bits per heavy atom. The Labute approximate surface area is 170 Å². The van der Waals surface area contributed by atoms with Crippen molar-refractivity contribution in [1.82, 2.24) is 9.78 Å². The summed E-state index contributed by atoms with van der Waals surface area (Å²) in [4.78, 5) is -0.175. The molecule has 0 fully saturated rings. The second kappa shape index (κ2) is 7.84. The zero-order chi connectivity index (χ0) is 22.1. The molecule has 0 radical (unpaired) electrons. The van der Waals surface area contributed by atoms with Crippen molar-refractivity contribution in [1.29, 1.82) is 0 Å². The summed E-state index contributed by atoms with van der Waals surface area (Å²) in [7, 11) is -4.26. The third-order valence-electron chi connectivity index (χ3n) is 4.21. The molecule has 0 spiro atoms. The van der Waals surface area contributed by atoms with Crippen molar-refractivity contribution in [2.45, 2.75) is 24.5 Å². The highest BCUT2D eigenvalue weighted by Crippen LogP contribution is 2.42. The Morgan fingerprint density at radius 2 is 1.83 bits per heavy atom. The molecule has 0 bridgehead atoms. The second-order valence-corrected chi connectivity index (χ2v) is 8.00. The summed E-state index contributed by atoms with van der Waals surface area (Å²) in [6.07, 6.45) is 0.223. The number of hydrogen-bond donors (Lipinski definition) is 1. The van der Waals surface area contributed by atoms with E-state index in [1.807, 2.05) is 0 Å². The molecule has 30 heavy (non-hydrogen) atoms. The predicted octanol–water partition coefficient (Wildman–Crippen LogP) is 4.45. The normalized spacial score (nSPS) is 11.9. The molecule has 0 saturated carbocycles. The number of nitrogens with one attached hydrogen (secondary N) is 1. The van der Waals surface area contributed by atoms with Crippen LogP contribution in [0, 0.1) is 25.1 Å². The molecular formula is C20H15F4N3O2S. The minimum Gasteiger partial charge on any atom is -0.261 e. The summed E-state index contributed by atoms with van der Waals surface area (Å²) in [5.41, 5.74) is -1.88. The van der Waals surface area contributed by atoms with Gasteiger partial charge < -0.3 is 0 Å². The number of anilines is 1. The third kappa shape index (κ3) is 4.16. The molecule has 5 nitrogen and oxygen atoms in total. The summed E-state index contributed by atoms with van der Waals surface area (Å²) >= 11 is 0. The molecule has 3 rings (SSSR count). The average Bonchev–Trinajstić information content (AvgIpc) is 3.02. The lowest BCUT2D eigenvalue weighted by Crippen LogP contribution is -2.15. The van der Waals surface area contributed by atoms with Crippen LogP contribution in [0.3, 0.4) is 0 Å². The Hall–Kier alpha value is -3.32. The van der Waals surface area contributed by atoms with Crippen LogP contribution in [0.1, 0.15) is 11.3 Å². The number of hydrogen-bond acceptors (Lipinski definition) is 3. The average molecular weight is 437 g/mol. The van der Waals surface area contributed by atoms with Gasteiger partial charge in [0.1, 0.15) is 12.4 Å². The Morgan fingerprint density at radius 1 is 1.17 bits per heavy atom. The number of halogens is 4. The zero-order valence-electron chi connectivity index (χ0n) is 15.5. The number of benzene rings is 2. The maximum Gasteiger partial charge on any atom is 0.433 e. The SMILES string of the molecule is C#CCn1nc(NS(=O)(=O)c2ccccc2)c(-c2ccc(C)c(F)c2)c1C(F)(F)F. The van der Waals surface area contributed by atoms with Crippen LogP contribution >= 0.6 is 0 Å². The van der Waals surface area contributed by atoms with E-state index in [0.29, 0.717) is 4.68 Å². The molecule has 1 N–H and O–H groups in total. The van der Waals surface area contributed by atoms with Gasteiger partial charge in [0.15, 0.2) is 11.5 Å². The fraction of sp³-hybridized carbons (Fsp3) is 0.150. The van der Waals surface area contributed by atoms with Crippen molar-refractivity contribution in [2.75, 3.05) is 4.72 Å². The van der Waals surface area contributed by atoms with Gasteiger partial charge in [0.2, 0.25) is 0 Å². The van der Waals surface area contributed by atoms with Gasteiger partial charge in [0.05, 0.1) is 10.5 Å². The van der Waals surface area contributed by atoms with Crippen LogP contribution < -0.4 is 4.72 Å². The van der Waals surface area contributed by atoms with E-state index < -0.39 is 45.6 Å². The van der Waals surface area contributed by atoms with Crippen LogP contribution in [-0.4, -0.2) is 18.2 Å². The van der Waals surface area contributed by atoms with Crippen LogP contribution in [0.5, 0.6) is 0 Å². The molecule has 156 valence electrons. The maximum atomic E-state index is 14.1. The fourth-order valence-corrected chi connectivity index (χ4v) is 3.86. The van der Waals surface area contributed by atoms with E-state index in [2.05, 4.69) is 15.7 Å². The molecule has 0 aliphatic carbocycles. The topological polar surface area (TPSA) is 64.0 Å². The maximum absolute atomic E-state index is 14.1. The van der Waals surface area contributed by atoms with E-state index in [0.717, 1.165) is 6.07 Å². The van der Waals surface area contributed by atoms with Crippen LogP contribution in [-0.2, 0) is 22.7 Å². The lowest BCUT2D eigenvalue weighted by Gasteiger charge is -2.13. The number of rotatable bonds is 5. The number of sulfonamides is 1. The van der Waals surface area contributed by atoms with E-state index in [-0.39, 0.29) is 16.0 Å². The molecule has 0 aliphatic heterocycles. The lowest BCUT2D eigenvalue weighted by atomic mass is 10.0. The van der Waals surface area contributed by atoms with E-state index in [9.17, 15) is 26.0 Å². The summed E-state index contributed by atoms with van der Waals surface area (Å²) in [5.74, 6) is 0.698. The molecule has 2 aromatic carbocycles. The Bertz CT molecular complexity index is 1230. The van der Waals surface area contributed by atoms with E-state index in [1.165, 1.54) is 43.3 Å². The molecule has 0 amide bonds. The molecule has 1 heterocycles. The van der Waals surface area contributed by atoms with Crippen molar-refractivity contribution < 1.29 is 26.0 Å². The van der Waals surface area contributed by atoms with E-state index in [4.69, 9.17) is 6.42 Å². The highest BCUT2D eigenvalue weighted by atomic mass is 32.2. The Kier molecular flexibility index (Phi) is 5.59. The smallest absolute Gasteiger partial charge is 0.261 e. The van der Waals surface area contributed by atoms with Gasteiger partial charge in [-0.3, -0.25) is 4.72 Å². The highest BCUT2D eigenvalue weighted by Gasteiger charge is 2.41. The van der Waals surface area contributed by atoms with Gasteiger partial charge in [-0.1, -0.05) is 36.3 Å². The van der Waals surface area contributed by atoms with Gasteiger partial charge in [-0.25, -0.2) is 17.5 Å². The first kappa shape index (κ1) is 21.4. The monoisotopic (exact) mass is 437 g/mol. The van der Waals surface area contributed by atoms with Crippen molar-refractivity contribution in [3.05, 3.63) is 65.6 Å². The fourth-order valence-electron chi connectivity index (χ4n) is 2.83. The highest BCUT2D eigenvalue weighted by molar-refractivity contribution is 7.92. The first-order chi connectivity index (χ1) is 14.0. The lowest BCUT2D eigenvalue weighted by molar-refractivity contribution is -0.143. The summed E-state index contributed by atoms with van der Waals surface area (Å²) in [6, 6.07) is 10.5. The minimum atomic E-state index is -4.93. The van der Waals surface area contributed by atoms with Gasteiger partial charge in [-0.05, 0) is 36.2 Å². The van der Waals surface area contributed by atoms with E-state index >= 15 is 0 Å². The van der Waals surface area contributed by atoms with Gasteiger partial charge in [0, 0.05) is 0 Å². The predicted molar refractivity (Wildman–Crippen MR) is 103 cm³/mol. The Balaban J connectivity index is 2.27. The van der Waals surface area contributed by atoms with Crippen LogP contribution in [0.4, 0.5) is 23.4 Å². The van der Waals surface area contributed by atoms with Crippen molar-refractivity contribution in [3.8, 4) is 23.5 Å². The van der Waals surface area contributed by atoms with Gasteiger partial charge >= 0.3 is 6.18 Å². The first-order valence-corrected chi connectivity index (χ1v) is 9.99. The number of nitrogens with zero attached hydrogens (tertiary/aromatic N) is 2. The largest absolute Gasteiger partial charge is 0.433 e. The molecule has 1 aromatic heterocycles. The van der Waals surface area contributed by atoms with E-state index in [1.54, 1.807) is 6.07 Å². The molecule has 0 unspecified atom stereocenters. The molecular weight excluding hydrogens is 422 g/mol. The third-order valence-corrected chi connectivity index (χ3v) is 5.56. The van der Waals surface area contributed by atoms with Crippen LogP contribution in [0.25, 0.3) is 11.1 Å². The van der Waals surface area contributed by atoms with Crippen molar-refractivity contribution in [3.63, 3.8) is 0 Å². The summed E-state index contributed by atoms with van der Waals surface area (Å²) < 4.78 is 83.6. The summed E-state index contributed by atoms with van der Waals surface area (Å²) in [5, 5.41) is 3.75. The number of aromatic nitrogens is 2. The standard InChI is InChI=1S/C20H15F4N3O2S/c1-3-11-27-18(20(22,23)24)17(14-10-9-13(2)16(21)12-14)19(25-27)26-30(28,29)15-7-5-4-6-8-15/h1,4-10,12H,11H2,2H3,(H,25,26). The van der Waals surface area contributed by atoms with Gasteiger partial charge in [0.25, 0.3) is 10.0 Å². The molecule has 0 saturated heterocycles. The first-order valence-electron chi connectivity index (χ1n) is 8.50. The summed E-state index contributed by atoms with van der Waals surface area (Å²) in [6.45, 7) is 0.883. The molecule has 3 aromatic rings. The van der Waals surface area contributed by atoms with Crippen LogP contribution in [0.2, 0.25) is 0 Å². The van der Waals surface area contributed by atoms with Crippen molar-refractivity contribution >= 4 is 15.8 Å². The minimum absolute atomic E-state index is 0.175. The van der Waals surface area contributed by atoms with Crippen LogP contribution in [0.15, 0.2) is 53.4 Å². The van der Waals surface area contributed by atoms with Gasteiger partial charge in [-0.15, -0.1) is 6.42 Å². The number of aryl methyl sites for hydroxylation is 1. The molecule has 0 atom stereocenters. The molecule has 0 aliphatic rings. The van der Waals surface area contributed by atoms with Crippen molar-refractivity contribution in [2.24, 2.45) is 0 Å². The number of alkyl halides is 3. The molecule has 10 heteroatoms. The number of terminal acetylenes is 1. The van der Waals surface area contributed by atoms with Gasteiger partial charge in [-0.2, -0.15) is 18.3 Å².